The summed E-state index contributed by atoms with van der Waals surface area (Å²) in [6.45, 7) is 1.74. The van der Waals surface area contributed by atoms with Gasteiger partial charge in [0.25, 0.3) is 0 Å². The lowest BCUT2D eigenvalue weighted by atomic mass is 10.2. The number of carboxylic acid groups (broad SMARTS) is 1. The third-order valence-corrected chi connectivity index (χ3v) is 3.13. The van der Waals surface area contributed by atoms with Gasteiger partial charge in [-0.2, -0.15) is 0 Å². The van der Waals surface area contributed by atoms with Crippen molar-refractivity contribution < 1.29 is 19.4 Å². The molecule has 0 bridgehead atoms. The highest BCUT2D eigenvalue weighted by Crippen LogP contribution is 2.02. The number of carboxylic acids is 1. The number of ether oxygens (including phenoxy) is 1. The lowest BCUT2D eigenvalue weighted by Gasteiger charge is -1.94. The second-order valence-corrected chi connectivity index (χ2v) is 5.36. The average Bonchev–Trinajstić information content (AvgIpc) is 2.64. The molecular weight excluding hydrogens is 328 g/mol. The zero-order valence-electron chi connectivity index (χ0n) is 14.9. The minimum atomic E-state index is -0.752. The van der Waals surface area contributed by atoms with Crippen LogP contribution in [0.25, 0.3) is 12.2 Å². The summed E-state index contributed by atoms with van der Waals surface area (Å²) in [5.41, 5.74) is 2.21. The summed E-state index contributed by atoms with van der Waals surface area (Å²) >= 11 is 0. The number of allylic oxidation sites excluding steroid dienone is 1. The van der Waals surface area contributed by atoms with Crippen molar-refractivity contribution in [3.63, 3.8) is 0 Å². The minimum Gasteiger partial charge on any atom is -0.481 e. The molecule has 0 fully saturated rings. The fraction of sp³-hybridized carbons (Fsp3) is 0.182. The van der Waals surface area contributed by atoms with Crippen molar-refractivity contribution in [3.05, 3.63) is 83.9 Å². The third-order valence-electron chi connectivity index (χ3n) is 3.13. The van der Waals surface area contributed by atoms with Crippen LogP contribution >= 0.6 is 0 Å². The van der Waals surface area contributed by atoms with E-state index in [-0.39, 0.29) is 12.4 Å². The lowest BCUT2D eigenvalue weighted by Crippen LogP contribution is -1.97. The van der Waals surface area contributed by atoms with Gasteiger partial charge in [0.2, 0.25) is 0 Å². The predicted molar refractivity (Wildman–Crippen MR) is 104 cm³/mol. The highest BCUT2D eigenvalue weighted by Gasteiger charge is 1.91. The molecule has 4 heteroatoms. The van der Waals surface area contributed by atoms with Crippen molar-refractivity contribution in [1.29, 1.82) is 0 Å². The van der Waals surface area contributed by atoms with E-state index in [1.807, 2.05) is 85.0 Å². The summed E-state index contributed by atoms with van der Waals surface area (Å²) in [5.74, 6) is -1.00. The molecule has 0 heterocycles. The van der Waals surface area contributed by atoms with Crippen molar-refractivity contribution in [2.45, 2.75) is 19.8 Å². The van der Waals surface area contributed by atoms with Crippen molar-refractivity contribution in [2.24, 2.45) is 0 Å². The molecule has 0 atom stereocenters. The molecule has 0 aliphatic rings. The number of hydrogen-bond acceptors (Lipinski definition) is 3. The normalized spacial score (nSPS) is 10.3. The van der Waals surface area contributed by atoms with Gasteiger partial charge in [0.05, 0.1) is 0 Å². The summed E-state index contributed by atoms with van der Waals surface area (Å²) in [6, 6.07) is 19.7. The van der Waals surface area contributed by atoms with E-state index < -0.39 is 5.97 Å². The van der Waals surface area contributed by atoms with Crippen LogP contribution in [-0.2, 0) is 14.3 Å². The molecule has 0 spiro atoms. The number of aliphatic carboxylic acids is 1. The summed E-state index contributed by atoms with van der Waals surface area (Å²) in [6.07, 6.45) is 8.33. The molecule has 0 aliphatic heterocycles. The number of benzene rings is 2. The summed E-state index contributed by atoms with van der Waals surface area (Å²) in [4.78, 5) is 20.6. The standard InChI is InChI=1S/2C11H12O2/c1-10(12)13-9-5-8-11-6-3-2-4-7-11;12-11(13)9-5-4-8-10-6-2-1-3-7-10/h2-8H,9H2,1H3;1-4,6-8H,5,9H2,(H,12,13). The monoisotopic (exact) mass is 352 g/mol. The van der Waals surface area contributed by atoms with E-state index in [9.17, 15) is 9.59 Å². The molecule has 0 aliphatic carbocycles. The summed E-state index contributed by atoms with van der Waals surface area (Å²) in [5, 5.41) is 8.38. The van der Waals surface area contributed by atoms with Crippen LogP contribution < -0.4 is 0 Å². The van der Waals surface area contributed by atoms with Gasteiger partial charge in [-0.15, -0.1) is 0 Å². The first-order valence-corrected chi connectivity index (χ1v) is 8.36. The maximum Gasteiger partial charge on any atom is 0.303 e. The Morgan fingerprint density at radius 3 is 1.85 bits per heavy atom. The average molecular weight is 352 g/mol. The van der Waals surface area contributed by atoms with Gasteiger partial charge in [0.15, 0.2) is 0 Å². The fourth-order valence-corrected chi connectivity index (χ4v) is 1.90. The van der Waals surface area contributed by atoms with Gasteiger partial charge in [-0.25, -0.2) is 0 Å². The van der Waals surface area contributed by atoms with Gasteiger partial charge in [0.1, 0.15) is 6.61 Å². The molecule has 0 aromatic heterocycles. The Hall–Kier alpha value is -3.14. The molecule has 0 saturated carbocycles. The number of carbonyl (C=O) groups excluding carboxylic acids is 1. The number of carbonyl (C=O) groups is 2. The summed E-state index contributed by atoms with van der Waals surface area (Å²) in [7, 11) is 0. The first kappa shape index (κ1) is 20.9. The van der Waals surface area contributed by atoms with Gasteiger partial charge < -0.3 is 9.84 Å². The van der Waals surface area contributed by atoms with Crippen LogP contribution in [0, 0.1) is 0 Å². The SMILES string of the molecule is CC(=O)OCC=Cc1ccccc1.O=C(O)CCC=Cc1ccccc1. The van der Waals surface area contributed by atoms with Crippen molar-refractivity contribution in [2.75, 3.05) is 6.61 Å². The molecule has 1 N–H and O–H groups in total. The molecule has 26 heavy (non-hydrogen) atoms. The van der Waals surface area contributed by atoms with Crippen molar-refractivity contribution in [3.8, 4) is 0 Å². The Bertz CT molecular complexity index is 640. The van der Waals surface area contributed by atoms with Gasteiger partial charge in [0, 0.05) is 13.3 Å². The predicted octanol–water partition coefficient (Wildman–Crippen LogP) is 4.83. The summed E-state index contributed by atoms with van der Waals surface area (Å²) < 4.78 is 4.74. The second kappa shape index (κ2) is 13.2. The fourth-order valence-electron chi connectivity index (χ4n) is 1.90. The Labute approximate surface area is 154 Å². The van der Waals surface area contributed by atoms with Gasteiger partial charge >= 0.3 is 11.9 Å². The smallest absolute Gasteiger partial charge is 0.303 e. The molecule has 0 radical (unpaired) electrons. The molecule has 2 aromatic carbocycles. The molecule has 0 unspecified atom stereocenters. The Kier molecular flexibility index (Phi) is 10.6. The highest BCUT2D eigenvalue weighted by molar-refractivity contribution is 5.67. The van der Waals surface area contributed by atoms with Crippen LogP contribution in [0.15, 0.2) is 72.8 Å². The maximum absolute atomic E-state index is 10.4. The van der Waals surface area contributed by atoms with E-state index in [0.29, 0.717) is 13.0 Å². The van der Waals surface area contributed by atoms with E-state index in [0.717, 1.165) is 11.1 Å². The molecule has 2 rings (SSSR count). The lowest BCUT2D eigenvalue weighted by molar-refractivity contribution is -0.140. The Balaban J connectivity index is 0.000000260. The van der Waals surface area contributed by atoms with Crippen LogP contribution in [0.5, 0.6) is 0 Å². The number of esters is 1. The second-order valence-electron chi connectivity index (χ2n) is 5.36. The minimum absolute atomic E-state index is 0.198. The number of hydrogen-bond donors (Lipinski definition) is 1. The molecule has 0 saturated heterocycles. The van der Waals surface area contributed by atoms with Crippen LogP contribution in [0.2, 0.25) is 0 Å². The highest BCUT2D eigenvalue weighted by atomic mass is 16.5. The zero-order chi connectivity index (χ0) is 19.0. The zero-order valence-corrected chi connectivity index (χ0v) is 14.9. The van der Waals surface area contributed by atoms with Crippen molar-refractivity contribution >= 4 is 24.1 Å². The molecule has 136 valence electrons. The molecule has 0 amide bonds. The van der Waals surface area contributed by atoms with Crippen LogP contribution in [0.4, 0.5) is 0 Å². The van der Waals surface area contributed by atoms with Gasteiger partial charge in [-0.05, 0) is 23.6 Å². The maximum atomic E-state index is 10.4. The van der Waals surface area contributed by atoms with Gasteiger partial charge in [-0.1, -0.05) is 78.9 Å². The van der Waals surface area contributed by atoms with E-state index in [1.165, 1.54) is 6.92 Å². The topological polar surface area (TPSA) is 63.6 Å². The first-order chi connectivity index (χ1) is 12.6. The van der Waals surface area contributed by atoms with Crippen LogP contribution in [-0.4, -0.2) is 23.7 Å². The van der Waals surface area contributed by atoms with Crippen molar-refractivity contribution in [1.82, 2.24) is 0 Å². The number of rotatable bonds is 7. The quantitative estimate of drug-likeness (QED) is 0.725. The molecular formula is C22H24O4. The van der Waals surface area contributed by atoms with Gasteiger partial charge in [-0.3, -0.25) is 9.59 Å². The molecule has 4 nitrogen and oxygen atoms in total. The van der Waals surface area contributed by atoms with E-state index in [4.69, 9.17) is 9.84 Å². The van der Waals surface area contributed by atoms with E-state index in [2.05, 4.69) is 0 Å². The Morgan fingerprint density at radius 1 is 0.885 bits per heavy atom. The van der Waals surface area contributed by atoms with E-state index >= 15 is 0 Å². The first-order valence-electron chi connectivity index (χ1n) is 8.36. The van der Waals surface area contributed by atoms with Crippen LogP contribution in [0.3, 0.4) is 0 Å². The third kappa shape index (κ3) is 11.4. The van der Waals surface area contributed by atoms with Crippen LogP contribution in [0.1, 0.15) is 30.9 Å². The largest absolute Gasteiger partial charge is 0.481 e. The molecule has 2 aromatic rings. The van der Waals surface area contributed by atoms with E-state index in [1.54, 1.807) is 0 Å². The Morgan fingerprint density at radius 2 is 1.38 bits per heavy atom.